The molecule has 4 aliphatic rings. The van der Waals surface area contributed by atoms with E-state index >= 15 is 0 Å². The first kappa shape index (κ1) is 27.2. The van der Waals surface area contributed by atoms with Crippen LogP contribution in [0.5, 0.6) is 0 Å². The standard InChI is InChI=1S/C28H42N2O5S/c1-4-13-20(2)29-17-12-15-28-21(24(32)30(23(28)25(29)33)16-9-7-10-18-31)22-26(34)35-19-11-6-5-8-14-27(22,3)36-28/h8,12,14-15,20-23,31H,4-7,9-11,13,16-19H2,1-3H3/b14-8-/t20?,21-,22+,23?,27-,28-/m0/s1. The van der Waals surface area contributed by atoms with Crippen molar-refractivity contribution in [3.63, 3.8) is 0 Å². The summed E-state index contributed by atoms with van der Waals surface area (Å²) in [5.74, 6) is -1.75. The molecule has 1 N–H and O–H groups in total. The maximum atomic E-state index is 14.3. The van der Waals surface area contributed by atoms with Crippen molar-refractivity contribution in [1.82, 2.24) is 9.80 Å². The Morgan fingerprint density at radius 2 is 1.92 bits per heavy atom. The molecule has 0 bridgehead atoms. The van der Waals surface area contributed by atoms with Crippen LogP contribution < -0.4 is 0 Å². The van der Waals surface area contributed by atoms with Crippen molar-refractivity contribution in [2.75, 3.05) is 26.3 Å². The number of nitrogens with zero attached hydrogens (tertiary/aromatic N) is 2. The van der Waals surface area contributed by atoms with Crippen LogP contribution in [0.4, 0.5) is 0 Å². The van der Waals surface area contributed by atoms with Crippen LogP contribution in [0.1, 0.15) is 72.1 Å². The van der Waals surface area contributed by atoms with Crippen molar-refractivity contribution in [3.05, 3.63) is 24.3 Å². The summed E-state index contributed by atoms with van der Waals surface area (Å²) >= 11 is 1.61. The highest BCUT2D eigenvalue weighted by Gasteiger charge is 2.73. The summed E-state index contributed by atoms with van der Waals surface area (Å²) in [4.78, 5) is 45.7. The highest BCUT2D eigenvalue weighted by atomic mass is 32.2. The Morgan fingerprint density at radius 1 is 1.11 bits per heavy atom. The lowest BCUT2D eigenvalue weighted by atomic mass is 9.74. The molecule has 2 amide bonds. The van der Waals surface area contributed by atoms with E-state index in [2.05, 4.69) is 32.1 Å². The number of ether oxygens (including phenoxy) is 1. The Morgan fingerprint density at radius 3 is 2.67 bits per heavy atom. The van der Waals surface area contributed by atoms with E-state index in [1.54, 1.807) is 16.7 Å². The normalized spacial score (nSPS) is 36.1. The molecule has 36 heavy (non-hydrogen) atoms. The maximum absolute atomic E-state index is 14.3. The predicted molar refractivity (Wildman–Crippen MR) is 141 cm³/mol. The first-order valence-corrected chi connectivity index (χ1v) is 14.6. The van der Waals surface area contributed by atoms with E-state index in [4.69, 9.17) is 4.74 Å². The average Bonchev–Trinajstić information content (AvgIpc) is 3.16. The number of carbonyl (C=O) groups is 3. The minimum atomic E-state index is -0.817. The van der Waals surface area contributed by atoms with Crippen LogP contribution in [0, 0.1) is 11.8 Å². The minimum absolute atomic E-state index is 0.0175. The van der Waals surface area contributed by atoms with Gasteiger partial charge in [-0.1, -0.05) is 37.6 Å². The number of carbonyl (C=O) groups excluding carboxylic acids is 3. The molecule has 1 spiro atoms. The molecule has 0 aromatic carbocycles. The third-order valence-electron chi connectivity index (χ3n) is 8.33. The van der Waals surface area contributed by atoms with Crippen LogP contribution in [0.15, 0.2) is 24.3 Å². The molecule has 0 saturated carbocycles. The van der Waals surface area contributed by atoms with Gasteiger partial charge in [0.05, 0.1) is 23.2 Å². The zero-order valence-electron chi connectivity index (χ0n) is 22.0. The predicted octanol–water partition coefficient (Wildman–Crippen LogP) is 3.71. The minimum Gasteiger partial charge on any atom is -0.465 e. The molecule has 4 aliphatic heterocycles. The van der Waals surface area contributed by atoms with Gasteiger partial charge in [-0.2, -0.15) is 0 Å². The van der Waals surface area contributed by atoms with E-state index in [0.29, 0.717) is 32.5 Å². The molecule has 2 fully saturated rings. The van der Waals surface area contributed by atoms with Gasteiger partial charge in [0.15, 0.2) is 0 Å². The summed E-state index contributed by atoms with van der Waals surface area (Å²) in [5, 5.41) is 9.22. The third kappa shape index (κ3) is 4.75. The van der Waals surface area contributed by atoms with E-state index in [-0.39, 0.29) is 30.4 Å². The fraction of sp³-hybridized carbons (Fsp3) is 0.750. The highest BCUT2D eigenvalue weighted by molar-refractivity contribution is 8.02. The monoisotopic (exact) mass is 518 g/mol. The highest BCUT2D eigenvalue weighted by Crippen LogP contribution is 2.65. The number of esters is 1. The summed E-state index contributed by atoms with van der Waals surface area (Å²) in [5.41, 5.74) is 0. The molecule has 0 aromatic rings. The van der Waals surface area contributed by atoms with Gasteiger partial charge in [0.2, 0.25) is 11.8 Å². The van der Waals surface area contributed by atoms with Crippen LogP contribution >= 0.6 is 11.8 Å². The fourth-order valence-corrected chi connectivity index (χ4v) is 8.75. The number of likely N-dealkylation sites (tertiary alicyclic amines) is 1. The second-order valence-electron chi connectivity index (χ2n) is 10.9. The molecule has 7 nitrogen and oxygen atoms in total. The van der Waals surface area contributed by atoms with E-state index in [1.165, 1.54) is 0 Å². The zero-order chi connectivity index (χ0) is 25.9. The summed E-state index contributed by atoms with van der Waals surface area (Å²) in [6.07, 6.45) is 15.1. The van der Waals surface area contributed by atoms with Crippen LogP contribution in [0.2, 0.25) is 0 Å². The number of allylic oxidation sites excluding steroid dienone is 1. The summed E-state index contributed by atoms with van der Waals surface area (Å²) < 4.78 is 4.27. The van der Waals surface area contributed by atoms with E-state index in [0.717, 1.165) is 38.5 Å². The molecular weight excluding hydrogens is 476 g/mol. The van der Waals surface area contributed by atoms with Crippen molar-refractivity contribution in [2.24, 2.45) is 11.8 Å². The maximum Gasteiger partial charge on any atom is 0.311 e. The zero-order valence-corrected chi connectivity index (χ0v) is 22.8. The number of rotatable bonds is 8. The first-order chi connectivity index (χ1) is 17.3. The van der Waals surface area contributed by atoms with Gasteiger partial charge in [0.1, 0.15) is 6.04 Å². The second-order valence-corrected chi connectivity index (χ2v) is 12.7. The number of unbranched alkanes of at least 4 members (excludes halogenated alkanes) is 2. The van der Waals surface area contributed by atoms with Crippen LogP contribution in [0.3, 0.4) is 0 Å². The second kappa shape index (κ2) is 11.3. The first-order valence-electron chi connectivity index (χ1n) is 13.7. The molecule has 0 aromatic heterocycles. The number of thioether (sulfide) groups is 1. The van der Waals surface area contributed by atoms with Gasteiger partial charge in [-0.3, -0.25) is 14.4 Å². The number of aliphatic hydroxyl groups excluding tert-OH is 1. The van der Waals surface area contributed by atoms with Crippen molar-refractivity contribution < 1.29 is 24.2 Å². The number of fused-ring (bicyclic) bond motifs is 2. The number of hydrogen-bond acceptors (Lipinski definition) is 6. The van der Waals surface area contributed by atoms with Gasteiger partial charge in [0, 0.05) is 30.5 Å². The van der Waals surface area contributed by atoms with Crippen LogP contribution in [-0.2, 0) is 19.1 Å². The molecule has 0 radical (unpaired) electrons. The molecule has 0 aliphatic carbocycles. The smallest absolute Gasteiger partial charge is 0.311 e. The average molecular weight is 519 g/mol. The topological polar surface area (TPSA) is 87.2 Å². The van der Waals surface area contributed by atoms with Crippen molar-refractivity contribution in [2.45, 2.75) is 93.7 Å². The lowest BCUT2D eigenvalue weighted by molar-refractivity contribution is -0.154. The summed E-state index contributed by atoms with van der Waals surface area (Å²) in [7, 11) is 0. The van der Waals surface area contributed by atoms with Crippen molar-refractivity contribution in [3.8, 4) is 0 Å². The molecular formula is C28H42N2O5S. The van der Waals surface area contributed by atoms with Gasteiger partial charge in [0.25, 0.3) is 0 Å². The lowest BCUT2D eigenvalue weighted by Crippen LogP contribution is -2.55. The molecule has 6 atom stereocenters. The Kier molecular flexibility index (Phi) is 8.55. The summed E-state index contributed by atoms with van der Waals surface area (Å²) in [6, 6.07) is -0.580. The number of aliphatic hydroxyl groups is 1. The van der Waals surface area contributed by atoms with Gasteiger partial charge < -0.3 is 19.6 Å². The Balaban J connectivity index is 1.78. The SMILES string of the molecule is CCCC(C)N1CC=C[C@]23S[C@@]4(C)/C=C\CCCCOC(=O)[C@H]4[C@H]2C(=O)N(CCCCCO)C3C1=O. The molecule has 8 heteroatoms. The Hall–Kier alpha value is -1.80. The molecule has 4 heterocycles. The molecule has 2 saturated heterocycles. The number of amides is 2. The number of cyclic esters (lactones) is 1. The largest absolute Gasteiger partial charge is 0.465 e. The Bertz CT molecular complexity index is 906. The summed E-state index contributed by atoms with van der Waals surface area (Å²) in [6.45, 7) is 7.67. The van der Waals surface area contributed by atoms with Gasteiger partial charge in [-0.25, -0.2) is 0 Å². The Labute approximate surface area is 219 Å². The fourth-order valence-electron chi connectivity index (χ4n) is 6.60. The third-order valence-corrected chi connectivity index (χ3v) is 10.1. The van der Waals surface area contributed by atoms with Crippen molar-refractivity contribution >= 4 is 29.5 Å². The lowest BCUT2D eigenvalue weighted by Gasteiger charge is -2.38. The van der Waals surface area contributed by atoms with Crippen LogP contribution in [-0.4, -0.2) is 80.6 Å². The van der Waals surface area contributed by atoms with E-state index < -0.39 is 27.4 Å². The van der Waals surface area contributed by atoms with Crippen LogP contribution in [0.25, 0.3) is 0 Å². The molecule has 200 valence electrons. The van der Waals surface area contributed by atoms with E-state index in [9.17, 15) is 19.5 Å². The van der Waals surface area contributed by atoms with Gasteiger partial charge >= 0.3 is 5.97 Å². The quantitative estimate of drug-likeness (QED) is 0.300. The molecule has 4 rings (SSSR count). The van der Waals surface area contributed by atoms with Gasteiger partial charge in [-0.15, -0.1) is 11.8 Å². The van der Waals surface area contributed by atoms with Gasteiger partial charge in [-0.05, 0) is 58.8 Å². The van der Waals surface area contributed by atoms with E-state index in [1.807, 2.05) is 17.9 Å². The number of hydrogen-bond donors (Lipinski definition) is 1. The van der Waals surface area contributed by atoms with Crippen molar-refractivity contribution in [1.29, 1.82) is 0 Å². The molecule has 2 unspecified atom stereocenters.